The highest BCUT2D eigenvalue weighted by Crippen LogP contribution is 2.39. The number of amides is 2. The molecule has 1 atom stereocenters. The molecule has 1 aromatic carbocycles. The predicted molar refractivity (Wildman–Crippen MR) is 105 cm³/mol. The van der Waals surface area contributed by atoms with E-state index in [1.165, 1.54) is 4.90 Å². The fourth-order valence-corrected chi connectivity index (χ4v) is 3.59. The largest absolute Gasteiger partial charge is 0.490 e. The first-order valence-corrected chi connectivity index (χ1v) is 9.42. The third-order valence-corrected chi connectivity index (χ3v) is 4.95. The molecule has 2 amide bonds. The van der Waals surface area contributed by atoms with E-state index in [4.69, 9.17) is 27.5 Å². The van der Waals surface area contributed by atoms with Crippen molar-refractivity contribution in [1.82, 2.24) is 4.90 Å². The van der Waals surface area contributed by atoms with Gasteiger partial charge in [-0.2, -0.15) is 0 Å². The van der Waals surface area contributed by atoms with Crippen LogP contribution in [0.1, 0.15) is 32.8 Å². The summed E-state index contributed by atoms with van der Waals surface area (Å²) in [5, 5.41) is 0.0549. The molecular weight excluding hydrogens is 374 g/mol. The summed E-state index contributed by atoms with van der Waals surface area (Å²) in [7, 11) is 0. The second-order valence-electron chi connectivity index (χ2n) is 5.56. The summed E-state index contributed by atoms with van der Waals surface area (Å²) in [5.41, 5.74) is 0.640. The van der Waals surface area contributed by atoms with E-state index in [1.807, 2.05) is 20.8 Å². The van der Waals surface area contributed by atoms with Crippen molar-refractivity contribution < 1.29 is 19.1 Å². The lowest BCUT2D eigenvalue weighted by Crippen LogP contribution is -2.36. The first-order valence-electron chi connectivity index (χ1n) is 8.22. The first kappa shape index (κ1) is 20.2. The highest BCUT2D eigenvalue weighted by atomic mass is 35.5. The molecule has 7 heteroatoms. The summed E-state index contributed by atoms with van der Waals surface area (Å²) in [6.07, 6.45) is 7.55. The molecule has 0 saturated carbocycles. The van der Waals surface area contributed by atoms with Crippen LogP contribution in [0.3, 0.4) is 0 Å². The Morgan fingerprint density at radius 1 is 1.35 bits per heavy atom. The molecule has 0 radical (unpaired) electrons. The first-order chi connectivity index (χ1) is 12.4. The number of hydrogen-bond donors (Lipinski definition) is 0. The maximum Gasteiger partial charge on any atom is 0.293 e. The Bertz CT molecular complexity index is 784. The van der Waals surface area contributed by atoms with Crippen molar-refractivity contribution in [3.8, 4) is 23.8 Å². The summed E-state index contributed by atoms with van der Waals surface area (Å²) < 4.78 is 11.0. The minimum atomic E-state index is -0.295. The van der Waals surface area contributed by atoms with Crippen molar-refractivity contribution in [2.45, 2.75) is 33.2 Å². The number of imide groups is 1. The van der Waals surface area contributed by atoms with E-state index in [9.17, 15) is 9.59 Å². The fourth-order valence-electron chi connectivity index (χ4n) is 2.38. The second-order valence-corrected chi connectivity index (χ2v) is 6.97. The molecule has 1 aliphatic rings. The van der Waals surface area contributed by atoms with Crippen LogP contribution in [0.25, 0.3) is 6.08 Å². The van der Waals surface area contributed by atoms with Crippen LogP contribution in [-0.2, 0) is 4.79 Å². The number of carbonyl (C=O) groups excluding carboxylic acids is 2. The summed E-state index contributed by atoms with van der Waals surface area (Å²) in [4.78, 5) is 26.3. The zero-order valence-electron chi connectivity index (χ0n) is 14.9. The molecule has 1 aliphatic heterocycles. The molecule has 1 heterocycles. The summed E-state index contributed by atoms with van der Waals surface area (Å²) in [6.45, 7) is 6.09. The van der Waals surface area contributed by atoms with Crippen LogP contribution < -0.4 is 9.47 Å². The Balaban J connectivity index is 2.37. The second kappa shape index (κ2) is 9.02. The van der Waals surface area contributed by atoms with E-state index in [-0.39, 0.29) is 23.8 Å². The third-order valence-electron chi connectivity index (χ3n) is 3.78. The number of thioether (sulfide) groups is 1. The molecule has 0 aliphatic carbocycles. The lowest BCUT2D eigenvalue weighted by Gasteiger charge is -2.19. The zero-order chi connectivity index (χ0) is 19.3. The van der Waals surface area contributed by atoms with Gasteiger partial charge in [0.25, 0.3) is 11.1 Å². The lowest BCUT2D eigenvalue weighted by atomic mass is 10.1. The maximum atomic E-state index is 12.5. The number of halogens is 1. The molecule has 0 bridgehead atoms. The van der Waals surface area contributed by atoms with Gasteiger partial charge < -0.3 is 9.47 Å². The fraction of sp³-hybridized carbons (Fsp3) is 0.368. The van der Waals surface area contributed by atoms with Crippen LogP contribution in [0.4, 0.5) is 4.79 Å². The van der Waals surface area contributed by atoms with Crippen molar-refractivity contribution in [3.05, 3.63) is 27.6 Å². The average Bonchev–Trinajstić information content (AvgIpc) is 2.87. The van der Waals surface area contributed by atoms with Gasteiger partial charge in [-0.3, -0.25) is 14.5 Å². The van der Waals surface area contributed by atoms with E-state index < -0.39 is 0 Å². The van der Waals surface area contributed by atoms with Gasteiger partial charge in [-0.15, -0.1) is 6.42 Å². The van der Waals surface area contributed by atoms with Gasteiger partial charge in [0.15, 0.2) is 11.5 Å². The Kier molecular flexibility index (Phi) is 7.01. The quantitative estimate of drug-likeness (QED) is 0.501. The normalized spacial score (nSPS) is 16.7. The SMILES string of the molecule is C#CCOc1c(Cl)cc(/C=C2/SC(=O)N([C@@H](C)CC)C2=O)cc1OCC. The van der Waals surface area contributed by atoms with Gasteiger partial charge in [0.1, 0.15) is 6.61 Å². The Morgan fingerprint density at radius 2 is 2.08 bits per heavy atom. The molecule has 0 N–H and O–H groups in total. The predicted octanol–water partition coefficient (Wildman–Crippen LogP) is 4.59. The monoisotopic (exact) mass is 393 g/mol. The topological polar surface area (TPSA) is 55.8 Å². The van der Waals surface area contributed by atoms with Crippen molar-refractivity contribution in [2.24, 2.45) is 0 Å². The van der Waals surface area contributed by atoms with E-state index in [0.717, 1.165) is 11.8 Å². The summed E-state index contributed by atoms with van der Waals surface area (Å²) in [6, 6.07) is 3.21. The molecule has 1 aromatic rings. The summed E-state index contributed by atoms with van der Waals surface area (Å²) in [5.74, 6) is 2.87. The van der Waals surface area contributed by atoms with E-state index >= 15 is 0 Å². The Hall–Kier alpha value is -2.10. The standard InChI is InChI=1S/C19H20ClNO4S/c1-5-8-25-17-14(20)9-13(10-15(17)24-7-3)11-16-18(22)21(12(4)6-2)19(23)26-16/h1,9-12H,6-8H2,2-4H3/b16-11+/t12-/m0/s1. The van der Waals surface area contributed by atoms with Gasteiger partial charge in [-0.05, 0) is 55.8 Å². The number of terminal acetylenes is 1. The van der Waals surface area contributed by atoms with Gasteiger partial charge in [-0.25, -0.2) is 0 Å². The molecule has 0 spiro atoms. The zero-order valence-corrected chi connectivity index (χ0v) is 16.4. The smallest absolute Gasteiger partial charge is 0.293 e. The van der Waals surface area contributed by atoms with Gasteiger partial charge in [-0.1, -0.05) is 24.4 Å². The molecule has 26 heavy (non-hydrogen) atoms. The molecule has 138 valence electrons. The number of rotatable bonds is 7. The van der Waals surface area contributed by atoms with E-state index in [1.54, 1.807) is 18.2 Å². The molecule has 2 rings (SSSR count). The van der Waals surface area contributed by atoms with Crippen LogP contribution in [0.2, 0.25) is 5.02 Å². The van der Waals surface area contributed by atoms with Gasteiger partial charge in [0.2, 0.25) is 0 Å². The van der Waals surface area contributed by atoms with E-state index in [2.05, 4.69) is 5.92 Å². The molecule has 0 unspecified atom stereocenters. The van der Waals surface area contributed by atoms with Gasteiger partial charge in [0, 0.05) is 6.04 Å². The minimum absolute atomic E-state index is 0.0624. The third kappa shape index (κ3) is 4.35. The number of carbonyl (C=O) groups is 2. The van der Waals surface area contributed by atoms with Crippen LogP contribution in [0, 0.1) is 12.3 Å². The number of hydrogen-bond acceptors (Lipinski definition) is 5. The molecule has 1 saturated heterocycles. The molecular formula is C19H20ClNO4S. The Labute approximate surface area is 162 Å². The van der Waals surface area contributed by atoms with Gasteiger partial charge >= 0.3 is 0 Å². The van der Waals surface area contributed by atoms with Crippen LogP contribution in [0.5, 0.6) is 11.5 Å². The molecule has 5 nitrogen and oxygen atoms in total. The molecule has 1 fully saturated rings. The maximum absolute atomic E-state index is 12.5. The van der Waals surface area contributed by atoms with E-state index in [0.29, 0.717) is 40.0 Å². The summed E-state index contributed by atoms with van der Waals surface area (Å²) >= 11 is 7.21. The van der Waals surface area contributed by atoms with Crippen molar-refractivity contribution >= 4 is 40.6 Å². The molecule has 0 aromatic heterocycles. The van der Waals surface area contributed by atoms with Crippen LogP contribution in [-0.4, -0.2) is 35.3 Å². The van der Waals surface area contributed by atoms with Gasteiger partial charge in [0.05, 0.1) is 16.5 Å². The average molecular weight is 394 g/mol. The number of ether oxygens (including phenoxy) is 2. The van der Waals surface area contributed by atoms with Crippen molar-refractivity contribution in [2.75, 3.05) is 13.2 Å². The highest BCUT2D eigenvalue weighted by Gasteiger charge is 2.37. The minimum Gasteiger partial charge on any atom is -0.490 e. The van der Waals surface area contributed by atoms with Crippen molar-refractivity contribution in [3.63, 3.8) is 0 Å². The lowest BCUT2D eigenvalue weighted by molar-refractivity contribution is -0.124. The Morgan fingerprint density at radius 3 is 2.69 bits per heavy atom. The van der Waals surface area contributed by atoms with Crippen LogP contribution in [0.15, 0.2) is 17.0 Å². The van der Waals surface area contributed by atoms with Crippen molar-refractivity contribution in [1.29, 1.82) is 0 Å². The number of nitrogens with zero attached hydrogens (tertiary/aromatic N) is 1. The number of benzene rings is 1. The highest BCUT2D eigenvalue weighted by molar-refractivity contribution is 8.18. The van der Waals surface area contributed by atoms with Crippen LogP contribution >= 0.6 is 23.4 Å².